The van der Waals surface area contributed by atoms with Gasteiger partial charge in [0.25, 0.3) is 11.6 Å². The Morgan fingerprint density at radius 1 is 1.14 bits per heavy atom. The maximum Gasteiger partial charge on any atom is 0.293 e. The van der Waals surface area contributed by atoms with Crippen LogP contribution in [-0.4, -0.2) is 40.6 Å². The maximum absolute atomic E-state index is 12.7. The molecule has 3 atom stereocenters. The number of hydrogen-bond acceptors (Lipinski definition) is 6. The van der Waals surface area contributed by atoms with E-state index in [2.05, 4.69) is 17.6 Å². The number of halogens is 1. The van der Waals surface area contributed by atoms with Crippen LogP contribution in [0.3, 0.4) is 0 Å². The molecule has 1 aliphatic carbocycles. The third-order valence-corrected chi connectivity index (χ3v) is 7.22. The second-order valence-corrected chi connectivity index (χ2v) is 9.70. The largest absolute Gasteiger partial charge is 0.378 e. The minimum absolute atomic E-state index is 0.113. The molecule has 184 valence electrons. The van der Waals surface area contributed by atoms with Crippen LogP contribution >= 0.6 is 11.6 Å². The van der Waals surface area contributed by atoms with Gasteiger partial charge in [-0.3, -0.25) is 29.4 Å². The monoisotopic (exact) mass is 498 g/mol. The lowest BCUT2D eigenvalue weighted by molar-refractivity contribution is -0.384. The SMILES string of the molecule is Cc1ccc(NC(=O)c2ccc(NCCN3C(=O)[C@@H]4CC[C@@H](C)C[C@H]4C3=O)c([N+](=O)[O-])c2)cc1Cl. The first-order valence-corrected chi connectivity index (χ1v) is 12.0. The molecule has 2 aromatic rings. The highest BCUT2D eigenvalue weighted by molar-refractivity contribution is 6.31. The lowest BCUT2D eigenvalue weighted by Gasteiger charge is -2.25. The quantitative estimate of drug-likeness (QED) is 0.326. The Morgan fingerprint density at radius 3 is 2.60 bits per heavy atom. The molecule has 2 aliphatic rings. The molecule has 2 fully saturated rings. The Labute approximate surface area is 208 Å². The van der Waals surface area contributed by atoms with Crippen molar-refractivity contribution >= 4 is 46.4 Å². The molecule has 1 saturated heterocycles. The number of carbonyl (C=O) groups is 3. The molecule has 1 heterocycles. The number of rotatable bonds is 7. The number of likely N-dealkylation sites (tertiary alicyclic amines) is 1. The van der Waals surface area contributed by atoms with Crippen molar-refractivity contribution in [1.29, 1.82) is 0 Å². The van der Waals surface area contributed by atoms with E-state index in [9.17, 15) is 24.5 Å². The number of anilines is 2. The summed E-state index contributed by atoms with van der Waals surface area (Å²) in [6, 6.07) is 9.18. The van der Waals surface area contributed by atoms with Gasteiger partial charge in [0.1, 0.15) is 5.69 Å². The molecule has 2 N–H and O–H groups in total. The minimum atomic E-state index is -0.579. The summed E-state index contributed by atoms with van der Waals surface area (Å²) in [4.78, 5) is 50.4. The Bertz CT molecular complexity index is 1200. The predicted molar refractivity (Wildman–Crippen MR) is 132 cm³/mol. The molecule has 1 saturated carbocycles. The van der Waals surface area contributed by atoms with Gasteiger partial charge < -0.3 is 10.6 Å². The van der Waals surface area contributed by atoms with Crippen LogP contribution < -0.4 is 10.6 Å². The Balaban J connectivity index is 1.41. The van der Waals surface area contributed by atoms with E-state index < -0.39 is 10.8 Å². The number of benzene rings is 2. The number of nitro groups is 1. The molecule has 2 aromatic carbocycles. The van der Waals surface area contributed by atoms with Gasteiger partial charge in [-0.05, 0) is 61.9 Å². The first kappa shape index (κ1) is 24.7. The summed E-state index contributed by atoms with van der Waals surface area (Å²) >= 11 is 6.09. The first-order valence-electron chi connectivity index (χ1n) is 11.6. The summed E-state index contributed by atoms with van der Waals surface area (Å²) in [5.74, 6) is -0.870. The molecule has 4 rings (SSSR count). The number of amides is 3. The third-order valence-electron chi connectivity index (χ3n) is 6.82. The van der Waals surface area contributed by atoms with Gasteiger partial charge in [0.05, 0.1) is 16.8 Å². The highest BCUT2D eigenvalue weighted by atomic mass is 35.5. The zero-order chi connectivity index (χ0) is 25.3. The predicted octanol–water partition coefficient (Wildman–Crippen LogP) is 4.64. The average Bonchev–Trinajstić information content (AvgIpc) is 3.05. The minimum Gasteiger partial charge on any atom is -0.378 e. The third kappa shape index (κ3) is 5.14. The van der Waals surface area contributed by atoms with Gasteiger partial charge in [-0.1, -0.05) is 24.6 Å². The second kappa shape index (κ2) is 10.0. The van der Waals surface area contributed by atoms with Crippen LogP contribution in [0.4, 0.5) is 17.1 Å². The van der Waals surface area contributed by atoms with Gasteiger partial charge in [-0.15, -0.1) is 0 Å². The van der Waals surface area contributed by atoms with Crippen LogP contribution in [0.25, 0.3) is 0 Å². The van der Waals surface area contributed by atoms with E-state index in [0.29, 0.717) is 16.6 Å². The van der Waals surface area contributed by atoms with Gasteiger partial charge in [0, 0.05) is 35.4 Å². The van der Waals surface area contributed by atoms with E-state index in [1.165, 1.54) is 23.1 Å². The van der Waals surface area contributed by atoms with E-state index >= 15 is 0 Å². The summed E-state index contributed by atoms with van der Waals surface area (Å²) in [6.07, 6.45) is 2.39. The lowest BCUT2D eigenvalue weighted by atomic mass is 9.76. The van der Waals surface area contributed by atoms with Crippen molar-refractivity contribution in [2.75, 3.05) is 23.7 Å². The topological polar surface area (TPSA) is 122 Å². The van der Waals surface area contributed by atoms with E-state index in [-0.39, 0.29) is 53.7 Å². The van der Waals surface area contributed by atoms with Gasteiger partial charge in [-0.25, -0.2) is 0 Å². The normalized spacial score (nSPS) is 21.6. The van der Waals surface area contributed by atoms with Crippen molar-refractivity contribution in [3.8, 4) is 0 Å². The molecule has 9 nitrogen and oxygen atoms in total. The molecular formula is C25H27ClN4O5. The Kier molecular flexibility index (Phi) is 7.07. The van der Waals surface area contributed by atoms with Crippen LogP contribution in [0.15, 0.2) is 36.4 Å². The molecule has 0 radical (unpaired) electrons. The average molecular weight is 499 g/mol. The number of imide groups is 1. The van der Waals surface area contributed by atoms with E-state index in [4.69, 9.17) is 11.6 Å². The van der Waals surface area contributed by atoms with Crippen LogP contribution in [-0.2, 0) is 9.59 Å². The smallest absolute Gasteiger partial charge is 0.293 e. The fourth-order valence-electron chi connectivity index (χ4n) is 4.83. The van der Waals surface area contributed by atoms with Crippen molar-refractivity contribution in [3.63, 3.8) is 0 Å². The second-order valence-electron chi connectivity index (χ2n) is 9.29. The number of nitrogens with zero attached hydrogens (tertiary/aromatic N) is 2. The lowest BCUT2D eigenvalue weighted by Crippen LogP contribution is -2.35. The van der Waals surface area contributed by atoms with Gasteiger partial charge in [0.15, 0.2) is 0 Å². The molecule has 1 aliphatic heterocycles. The maximum atomic E-state index is 12.7. The van der Waals surface area contributed by atoms with Crippen molar-refractivity contribution in [1.82, 2.24) is 4.90 Å². The molecule has 10 heteroatoms. The van der Waals surface area contributed by atoms with Crippen LogP contribution in [0, 0.1) is 34.8 Å². The number of fused-ring (bicyclic) bond motifs is 1. The molecule has 35 heavy (non-hydrogen) atoms. The summed E-state index contributed by atoms with van der Waals surface area (Å²) < 4.78 is 0. The van der Waals surface area contributed by atoms with E-state index in [0.717, 1.165) is 24.8 Å². The molecule has 3 amide bonds. The number of carbonyl (C=O) groups excluding carboxylic acids is 3. The molecule has 0 bridgehead atoms. The van der Waals surface area contributed by atoms with Crippen LogP contribution in [0.1, 0.15) is 42.1 Å². The summed E-state index contributed by atoms with van der Waals surface area (Å²) in [5.41, 5.74) is 1.38. The van der Waals surface area contributed by atoms with Gasteiger partial charge in [-0.2, -0.15) is 0 Å². The zero-order valence-electron chi connectivity index (χ0n) is 19.5. The molecule has 0 aromatic heterocycles. The highest BCUT2D eigenvalue weighted by Crippen LogP contribution is 2.40. The van der Waals surface area contributed by atoms with Crippen molar-refractivity contribution in [2.24, 2.45) is 17.8 Å². The van der Waals surface area contributed by atoms with Crippen molar-refractivity contribution in [2.45, 2.75) is 33.1 Å². The van der Waals surface area contributed by atoms with Crippen LogP contribution in [0.2, 0.25) is 5.02 Å². The number of aryl methyl sites for hydroxylation is 1. The Hall–Kier alpha value is -3.46. The number of hydrogen-bond donors (Lipinski definition) is 2. The molecule has 0 unspecified atom stereocenters. The fourth-order valence-corrected chi connectivity index (χ4v) is 5.01. The molecule has 0 spiro atoms. The van der Waals surface area contributed by atoms with E-state index in [1.54, 1.807) is 18.2 Å². The van der Waals surface area contributed by atoms with Gasteiger partial charge in [0.2, 0.25) is 11.8 Å². The number of nitro benzene ring substituents is 1. The molecular weight excluding hydrogens is 472 g/mol. The summed E-state index contributed by atoms with van der Waals surface area (Å²) in [5, 5.41) is 17.8. The zero-order valence-corrected chi connectivity index (χ0v) is 20.3. The summed E-state index contributed by atoms with van der Waals surface area (Å²) in [6.45, 7) is 4.23. The fraction of sp³-hybridized carbons (Fsp3) is 0.400. The van der Waals surface area contributed by atoms with Gasteiger partial charge >= 0.3 is 0 Å². The summed E-state index contributed by atoms with van der Waals surface area (Å²) in [7, 11) is 0. The van der Waals surface area contributed by atoms with Crippen molar-refractivity contribution < 1.29 is 19.3 Å². The number of nitrogens with one attached hydrogen (secondary N) is 2. The van der Waals surface area contributed by atoms with Crippen molar-refractivity contribution in [3.05, 3.63) is 62.7 Å². The Morgan fingerprint density at radius 2 is 1.89 bits per heavy atom. The highest BCUT2D eigenvalue weighted by Gasteiger charge is 2.49. The van der Waals surface area contributed by atoms with E-state index in [1.807, 2.05) is 6.92 Å². The first-order chi connectivity index (χ1) is 16.7. The van der Waals surface area contributed by atoms with Crippen LogP contribution in [0.5, 0.6) is 0 Å². The standard InChI is InChI=1S/C25H27ClN4O5/c1-14-3-7-18-19(11-14)25(33)29(24(18)32)10-9-27-21-8-5-16(12-22(21)30(34)35)23(31)28-17-6-4-15(2)20(26)13-17/h4-6,8,12-14,18-19,27H,3,7,9-11H2,1-2H3,(H,28,31)/t14-,18-,19-/m1/s1.